The van der Waals surface area contributed by atoms with E-state index < -0.39 is 23.5 Å². The number of rotatable bonds is 12. The van der Waals surface area contributed by atoms with Crippen molar-refractivity contribution in [2.45, 2.75) is 45.1 Å². The zero-order valence-corrected chi connectivity index (χ0v) is 20.5. The molecule has 0 heterocycles. The number of hydrogen-bond acceptors (Lipinski definition) is 5. The zero-order valence-electron chi connectivity index (χ0n) is 20.5. The molecule has 2 amide bonds. The molecule has 8 nitrogen and oxygen atoms in total. The van der Waals surface area contributed by atoms with E-state index in [1.165, 1.54) is 0 Å². The van der Waals surface area contributed by atoms with E-state index in [0.717, 1.165) is 22.3 Å². The molecule has 0 saturated heterocycles. The third-order valence-electron chi connectivity index (χ3n) is 6.16. The zero-order chi connectivity index (χ0) is 25.4. The molecule has 0 aliphatic heterocycles. The van der Waals surface area contributed by atoms with Crippen LogP contribution in [-0.2, 0) is 19.1 Å². The molecule has 0 radical (unpaired) electrons. The number of carboxylic acids is 1. The molecule has 0 spiro atoms. The van der Waals surface area contributed by atoms with Gasteiger partial charge < -0.3 is 25.2 Å². The maximum absolute atomic E-state index is 12.8. The van der Waals surface area contributed by atoms with Gasteiger partial charge in [0.2, 0.25) is 5.91 Å². The molecular weight excluding hydrogens is 448 g/mol. The van der Waals surface area contributed by atoms with E-state index in [2.05, 4.69) is 22.8 Å². The van der Waals surface area contributed by atoms with Gasteiger partial charge >= 0.3 is 12.1 Å². The van der Waals surface area contributed by atoms with E-state index in [-0.39, 0.29) is 31.4 Å². The molecule has 3 N–H and O–H groups in total. The Labute approximate surface area is 206 Å². The smallest absolute Gasteiger partial charge is 0.407 e. The second-order valence-corrected chi connectivity index (χ2v) is 9.61. The summed E-state index contributed by atoms with van der Waals surface area (Å²) in [4.78, 5) is 36.6. The van der Waals surface area contributed by atoms with Gasteiger partial charge in [-0.1, -0.05) is 62.4 Å². The van der Waals surface area contributed by atoms with Crippen molar-refractivity contribution in [1.29, 1.82) is 0 Å². The number of methoxy groups -OCH3 is 1. The summed E-state index contributed by atoms with van der Waals surface area (Å²) >= 11 is 0. The van der Waals surface area contributed by atoms with Crippen LogP contribution in [0, 0.1) is 5.41 Å². The largest absolute Gasteiger partial charge is 0.481 e. The summed E-state index contributed by atoms with van der Waals surface area (Å²) in [6.45, 7) is 4.30. The van der Waals surface area contributed by atoms with Gasteiger partial charge in [-0.3, -0.25) is 9.59 Å². The molecule has 2 aromatic rings. The highest BCUT2D eigenvalue weighted by molar-refractivity contribution is 5.86. The first kappa shape index (κ1) is 26.2. The van der Waals surface area contributed by atoms with Crippen LogP contribution in [0.15, 0.2) is 48.5 Å². The number of alkyl carbamates (subject to hydrolysis) is 1. The predicted octanol–water partition coefficient (Wildman–Crippen LogP) is 3.94. The van der Waals surface area contributed by atoms with Crippen molar-refractivity contribution in [2.24, 2.45) is 5.41 Å². The maximum Gasteiger partial charge on any atom is 0.407 e. The Morgan fingerprint density at radius 3 is 2.20 bits per heavy atom. The fraction of sp³-hybridized carbons (Fsp3) is 0.444. The molecule has 0 fully saturated rings. The predicted molar refractivity (Wildman–Crippen MR) is 132 cm³/mol. The summed E-state index contributed by atoms with van der Waals surface area (Å²) in [5, 5.41) is 14.5. The first-order chi connectivity index (χ1) is 16.7. The van der Waals surface area contributed by atoms with E-state index in [4.69, 9.17) is 14.6 Å². The van der Waals surface area contributed by atoms with Crippen molar-refractivity contribution in [3.8, 4) is 11.1 Å². The van der Waals surface area contributed by atoms with Crippen LogP contribution in [0.4, 0.5) is 4.79 Å². The quantitative estimate of drug-likeness (QED) is 0.395. The molecule has 2 aromatic carbocycles. The minimum atomic E-state index is -0.933. The molecule has 3 rings (SSSR count). The molecular formula is C27H34N2O6. The van der Waals surface area contributed by atoms with Crippen molar-refractivity contribution in [1.82, 2.24) is 10.6 Å². The molecule has 1 unspecified atom stereocenters. The first-order valence-corrected chi connectivity index (χ1v) is 11.8. The van der Waals surface area contributed by atoms with Crippen LogP contribution < -0.4 is 10.6 Å². The van der Waals surface area contributed by atoms with Gasteiger partial charge in [-0.05, 0) is 40.5 Å². The van der Waals surface area contributed by atoms with Crippen LogP contribution in [0.3, 0.4) is 0 Å². The fourth-order valence-electron chi connectivity index (χ4n) is 4.40. The number of amides is 2. The summed E-state index contributed by atoms with van der Waals surface area (Å²) in [6, 6.07) is 15.3. The highest BCUT2D eigenvalue weighted by Gasteiger charge is 2.30. The monoisotopic (exact) mass is 482 g/mol. The number of fused-ring (bicyclic) bond motifs is 3. The average Bonchev–Trinajstić information content (AvgIpc) is 3.14. The van der Waals surface area contributed by atoms with Gasteiger partial charge in [0.15, 0.2) is 0 Å². The lowest BCUT2D eigenvalue weighted by atomic mass is 9.89. The van der Waals surface area contributed by atoms with Gasteiger partial charge in [0, 0.05) is 26.2 Å². The highest BCUT2D eigenvalue weighted by atomic mass is 16.5. The number of nitrogens with one attached hydrogen (secondary N) is 2. The van der Waals surface area contributed by atoms with Crippen LogP contribution in [0.25, 0.3) is 11.1 Å². The lowest BCUT2D eigenvalue weighted by Crippen LogP contribution is -2.49. The molecule has 0 aromatic heterocycles. The summed E-state index contributed by atoms with van der Waals surface area (Å²) in [6.07, 6.45) is 0.177. The number of carbonyl (C=O) groups is 3. The Morgan fingerprint density at radius 1 is 1.03 bits per heavy atom. The van der Waals surface area contributed by atoms with Crippen molar-refractivity contribution in [2.75, 3.05) is 26.9 Å². The number of hydrogen-bond donors (Lipinski definition) is 3. The van der Waals surface area contributed by atoms with Gasteiger partial charge in [0.05, 0.1) is 6.42 Å². The maximum atomic E-state index is 12.8. The van der Waals surface area contributed by atoms with Crippen LogP contribution in [-0.4, -0.2) is 56.0 Å². The molecule has 188 valence electrons. The van der Waals surface area contributed by atoms with Crippen molar-refractivity contribution in [3.63, 3.8) is 0 Å². The van der Waals surface area contributed by atoms with E-state index in [9.17, 15) is 14.4 Å². The average molecular weight is 483 g/mol. The SMILES string of the molecule is COCCCC(NC(=O)OCC1c2ccccc2-c2ccccc21)C(=O)NCC(C)(C)CC(=O)O. The summed E-state index contributed by atoms with van der Waals surface area (Å²) in [5.74, 6) is -1.39. The Morgan fingerprint density at radius 2 is 1.63 bits per heavy atom. The topological polar surface area (TPSA) is 114 Å². The van der Waals surface area contributed by atoms with E-state index in [0.29, 0.717) is 19.4 Å². The van der Waals surface area contributed by atoms with Gasteiger partial charge in [-0.25, -0.2) is 4.79 Å². The van der Waals surface area contributed by atoms with E-state index in [1.54, 1.807) is 21.0 Å². The number of benzene rings is 2. The molecule has 0 bridgehead atoms. The van der Waals surface area contributed by atoms with Gasteiger partial charge in [0.25, 0.3) is 0 Å². The third kappa shape index (κ3) is 7.05. The van der Waals surface area contributed by atoms with Crippen LogP contribution in [0.1, 0.15) is 50.2 Å². The second kappa shape index (κ2) is 11.8. The van der Waals surface area contributed by atoms with Crippen LogP contribution in [0.2, 0.25) is 0 Å². The fourth-order valence-corrected chi connectivity index (χ4v) is 4.40. The lowest BCUT2D eigenvalue weighted by molar-refractivity contribution is -0.139. The van der Waals surface area contributed by atoms with Gasteiger partial charge in [-0.2, -0.15) is 0 Å². The van der Waals surface area contributed by atoms with Crippen molar-refractivity contribution >= 4 is 18.0 Å². The Bertz CT molecular complexity index is 1010. The Kier molecular flexibility index (Phi) is 8.87. The summed E-state index contributed by atoms with van der Waals surface area (Å²) in [5.41, 5.74) is 3.87. The normalized spacial score (nSPS) is 13.5. The standard InChI is InChI=1S/C27H34N2O6/c1-27(2,15-24(30)31)17-28-25(32)23(13-8-14-34-3)29-26(33)35-16-22-20-11-6-4-9-18(20)19-10-5-7-12-21(19)22/h4-7,9-12,22-23H,8,13-17H2,1-3H3,(H,28,32)(H,29,33)(H,30,31). The molecule has 35 heavy (non-hydrogen) atoms. The molecule has 8 heteroatoms. The first-order valence-electron chi connectivity index (χ1n) is 11.8. The Balaban J connectivity index is 1.61. The van der Waals surface area contributed by atoms with Crippen molar-refractivity contribution in [3.05, 3.63) is 59.7 Å². The van der Waals surface area contributed by atoms with E-state index >= 15 is 0 Å². The number of carbonyl (C=O) groups excluding carboxylic acids is 2. The molecule has 1 aliphatic carbocycles. The highest BCUT2D eigenvalue weighted by Crippen LogP contribution is 2.44. The van der Waals surface area contributed by atoms with Crippen molar-refractivity contribution < 1.29 is 29.0 Å². The number of aliphatic carboxylic acids is 1. The molecule has 1 atom stereocenters. The number of carboxylic acid groups (broad SMARTS) is 1. The summed E-state index contributed by atoms with van der Waals surface area (Å²) < 4.78 is 10.7. The van der Waals surface area contributed by atoms with E-state index in [1.807, 2.05) is 36.4 Å². The summed E-state index contributed by atoms with van der Waals surface area (Å²) in [7, 11) is 1.57. The van der Waals surface area contributed by atoms with Gasteiger partial charge in [0.1, 0.15) is 12.6 Å². The number of ether oxygens (including phenoxy) is 2. The molecule has 0 saturated carbocycles. The third-order valence-corrected chi connectivity index (χ3v) is 6.16. The minimum Gasteiger partial charge on any atom is -0.481 e. The minimum absolute atomic E-state index is 0.0780. The lowest BCUT2D eigenvalue weighted by Gasteiger charge is -2.25. The molecule has 1 aliphatic rings. The van der Waals surface area contributed by atoms with Gasteiger partial charge in [-0.15, -0.1) is 0 Å². The van der Waals surface area contributed by atoms with Crippen LogP contribution >= 0.6 is 0 Å². The van der Waals surface area contributed by atoms with Crippen LogP contribution in [0.5, 0.6) is 0 Å². The second-order valence-electron chi connectivity index (χ2n) is 9.61. The Hall–Kier alpha value is -3.39.